The van der Waals surface area contributed by atoms with Crippen LogP contribution in [0.15, 0.2) is 24.3 Å². The molecular formula is C17H26Cl2N2O2. The topological polar surface area (TPSA) is 41.6 Å². The summed E-state index contributed by atoms with van der Waals surface area (Å²) in [6.07, 6.45) is 4.44. The van der Waals surface area contributed by atoms with Gasteiger partial charge >= 0.3 is 0 Å². The van der Waals surface area contributed by atoms with E-state index < -0.39 is 0 Å². The van der Waals surface area contributed by atoms with E-state index in [4.69, 9.17) is 16.3 Å². The van der Waals surface area contributed by atoms with Crippen molar-refractivity contribution in [2.45, 2.75) is 31.7 Å². The van der Waals surface area contributed by atoms with Gasteiger partial charge < -0.3 is 15.0 Å². The number of likely N-dealkylation sites (tertiary alicyclic amines) is 1. The molecular weight excluding hydrogens is 335 g/mol. The minimum Gasteiger partial charge on any atom is -0.383 e. The zero-order valence-electron chi connectivity index (χ0n) is 13.6. The second-order valence-electron chi connectivity index (χ2n) is 5.67. The predicted octanol–water partition coefficient (Wildman–Crippen LogP) is 3.44. The van der Waals surface area contributed by atoms with Crippen molar-refractivity contribution in [2.75, 3.05) is 33.4 Å². The molecule has 23 heavy (non-hydrogen) atoms. The number of hydrogen-bond acceptors (Lipinski definition) is 3. The van der Waals surface area contributed by atoms with E-state index in [0.29, 0.717) is 19.7 Å². The molecule has 1 atom stereocenters. The fraction of sp³-hybridized carbons (Fsp3) is 0.588. The van der Waals surface area contributed by atoms with Gasteiger partial charge in [-0.25, -0.2) is 0 Å². The van der Waals surface area contributed by atoms with Gasteiger partial charge in [0.25, 0.3) is 0 Å². The van der Waals surface area contributed by atoms with Crippen molar-refractivity contribution in [2.24, 2.45) is 0 Å². The molecule has 1 N–H and O–H groups in total. The smallest absolute Gasteiger partial charge is 0.237 e. The molecule has 0 spiro atoms. The fourth-order valence-electron chi connectivity index (χ4n) is 2.91. The van der Waals surface area contributed by atoms with Gasteiger partial charge in [0.15, 0.2) is 0 Å². The standard InChI is InChI=1S/C17H25ClN2O2.ClH/c1-22-12-10-19-13-17(21)20-11-4-2-3-5-16(20)14-6-8-15(18)9-7-14;/h6-9,16,19H,2-5,10-13H2,1H3;1H. The molecule has 6 heteroatoms. The molecule has 0 radical (unpaired) electrons. The summed E-state index contributed by atoms with van der Waals surface area (Å²) in [6, 6.07) is 8.05. The normalized spacial score (nSPS) is 18.2. The molecule has 1 heterocycles. The second kappa shape index (κ2) is 10.9. The number of carbonyl (C=O) groups is 1. The average Bonchev–Trinajstić information content (AvgIpc) is 2.78. The summed E-state index contributed by atoms with van der Waals surface area (Å²) in [7, 11) is 1.66. The number of halogens is 2. The molecule has 130 valence electrons. The van der Waals surface area contributed by atoms with E-state index in [9.17, 15) is 4.79 Å². The Bertz CT molecular complexity index is 468. The number of methoxy groups -OCH3 is 1. The Morgan fingerprint density at radius 1 is 1.30 bits per heavy atom. The van der Waals surface area contributed by atoms with Gasteiger partial charge in [-0.05, 0) is 30.5 Å². The molecule has 1 saturated heterocycles. The van der Waals surface area contributed by atoms with Gasteiger partial charge in [0.1, 0.15) is 0 Å². The number of nitrogens with one attached hydrogen (secondary N) is 1. The van der Waals surface area contributed by atoms with Gasteiger partial charge in [0, 0.05) is 25.2 Å². The molecule has 1 unspecified atom stereocenters. The van der Waals surface area contributed by atoms with Crippen molar-refractivity contribution < 1.29 is 9.53 Å². The summed E-state index contributed by atoms with van der Waals surface area (Å²) in [5.41, 5.74) is 1.18. The lowest BCUT2D eigenvalue weighted by molar-refractivity contribution is -0.132. The second-order valence-corrected chi connectivity index (χ2v) is 6.11. The highest BCUT2D eigenvalue weighted by molar-refractivity contribution is 6.30. The molecule has 1 amide bonds. The number of carbonyl (C=O) groups excluding carboxylic acids is 1. The molecule has 1 aliphatic rings. The highest BCUT2D eigenvalue weighted by atomic mass is 35.5. The molecule has 0 aromatic heterocycles. The van der Waals surface area contributed by atoms with Crippen LogP contribution in [0.4, 0.5) is 0 Å². The molecule has 1 aromatic carbocycles. The number of rotatable bonds is 6. The van der Waals surface area contributed by atoms with Crippen LogP contribution in [0, 0.1) is 0 Å². The summed E-state index contributed by atoms with van der Waals surface area (Å²) in [4.78, 5) is 14.6. The summed E-state index contributed by atoms with van der Waals surface area (Å²) in [6.45, 7) is 2.51. The van der Waals surface area contributed by atoms with Crippen LogP contribution >= 0.6 is 24.0 Å². The molecule has 4 nitrogen and oxygen atoms in total. The van der Waals surface area contributed by atoms with Crippen LogP contribution < -0.4 is 5.32 Å². The molecule has 1 fully saturated rings. The monoisotopic (exact) mass is 360 g/mol. The highest BCUT2D eigenvalue weighted by Crippen LogP contribution is 2.30. The maximum absolute atomic E-state index is 12.6. The zero-order chi connectivity index (χ0) is 15.8. The van der Waals surface area contributed by atoms with E-state index in [0.717, 1.165) is 30.8 Å². The number of hydrogen-bond donors (Lipinski definition) is 1. The van der Waals surface area contributed by atoms with E-state index in [1.165, 1.54) is 12.0 Å². The molecule has 0 saturated carbocycles. The Kier molecular flexibility index (Phi) is 9.56. The maximum atomic E-state index is 12.6. The molecule has 0 bridgehead atoms. The quantitative estimate of drug-likeness (QED) is 0.790. The number of nitrogens with zero attached hydrogens (tertiary/aromatic N) is 1. The molecule has 1 aliphatic heterocycles. The first-order valence-corrected chi connectivity index (χ1v) is 8.34. The lowest BCUT2D eigenvalue weighted by Gasteiger charge is -2.30. The van der Waals surface area contributed by atoms with Crippen molar-refractivity contribution in [3.05, 3.63) is 34.9 Å². The fourth-order valence-corrected chi connectivity index (χ4v) is 3.04. The first-order valence-electron chi connectivity index (χ1n) is 7.97. The summed E-state index contributed by atoms with van der Waals surface area (Å²) >= 11 is 5.98. The SMILES string of the molecule is COCCNCC(=O)N1CCCCCC1c1ccc(Cl)cc1.Cl. The third-order valence-electron chi connectivity index (χ3n) is 4.09. The van der Waals surface area contributed by atoms with Crippen LogP contribution in [0.3, 0.4) is 0 Å². The average molecular weight is 361 g/mol. The van der Waals surface area contributed by atoms with Crippen molar-refractivity contribution in [1.29, 1.82) is 0 Å². The minimum absolute atomic E-state index is 0. The van der Waals surface area contributed by atoms with E-state index in [-0.39, 0.29) is 24.4 Å². The number of ether oxygens (including phenoxy) is 1. The van der Waals surface area contributed by atoms with Gasteiger partial charge in [-0.2, -0.15) is 0 Å². The third kappa shape index (κ3) is 6.30. The summed E-state index contributed by atoms with van der Waals surface area (Å²) in [5.74, 6) is 0.165. The Labute approximate surface area is 149 Å². The Hall–Kier alpha value is -0.810. The van der Waals surface area contributed by atoms with Crippen LogP contribution in [-0.4, -0.2) is 44.2 Å². The van der Waals surface area contributed by atoms with Gasteiger partial charge in [-0.15, -0.1) is 12.4 Å². The van der Waals surface area contributed by atoms with E-state index in [1.54, 1.807) is 7.11 Å². The van der Waals surface area contributed by atoms with Crippen molar-refractivity contribution >= 4 is 29.9 Å². The first kappa shape index (κ1) is 20.2. The molecule has 0 aliphatic carbocycles. The zero-order valence-corrected chi connectivity index (χ0v) is 15.2. The largest absolute Gasteiger partial charge is 0.383 e. The van der Waals surface area contributed by atoms with Crippen molar-refractivity contribution in [3.8, 4) is 0 Å². The Morgan fingerprint density at radius 3 is 2.74 bits per heavy atom. The Balaban J connectivity index is 0.00000264. The lowest BCUT2D eigenvalue weighted by atomic mass is 10.0. The van der Waals surface area contributed by atoms with Crippen molar-refractivity contribution in [3.63, 3.8) is 0 Å². The Morgan fingerprint density at radius 2 is 2.04 bits per heavy atom. The predicted molar refractivity (Wildman–Crippen MR) is 96.4 cm³/mol. The van der Waals surface area contributed by atoms with Crippen LogP contribution in [0.25, 0.3) is 0 Å². The van der Waals surface area contributed by atoms with Crippen LogP contribution in [-0.2, 0) is 9.53 Å². The van der Waals surface area contributed by atoms with E-state index >= 15 is 0 Å². The number of benzene rings is 1. The summed E-state index contributed by atoms with van der Waals surface area (Å²) < 4.78 is 4.99. The van der Waals surface area contributed by atoms with Gasteiger partial charge in [0.2, 0.25) is 5.91 Å². The highest BCUT2D eigenvalue weighted by Gasteiger charge is 2.26. The molecule has 1 aromatic rings. The van der Waals surface area contributed by atoms with Crippen molar-refractivity contribution in [1.82, 2.24) is 10.2 Å². The lowest BCUT2D eigenvalue weighted by Crippen LogP contribution is -2.41. The minimum atomic E-state index is 0. The van der Waals surface area contributed by atoms with E-state index in [2.05, 4.69) is 5.32 Å². The van der Waals surface area contributed by atoms with Gasteiger partial charge in [-0.3, -0.25) is 4.79 Å². The van der Waals surface area contributed by atoms with Crippen LogP contribution in [0.1, 0.15) is 37.3 Å². The van der Waals surface area contributed by atoms with E-state index in [1.807, 2.05) is 29.2 Å². The van der Waals surface area contributed by atoms with Gasteiger partial charge in [0.05, 0.1) is 19.2 Å². The number of amides is 1. The van der Waals surface area contributed by atoms with Crippen LogP contribution in [0.5, 0.6) is 0 Å². The maximum Gasteiger partial charge on any atom is 0.237 e. The first-order chi connectivity index (χ1) is 10.7. The summed E-state index contributed by atoms with van der Waals surface area (Å²) in [5, 5.41) is 3.88. The van der Waals surface area contributed by atoms with Crippen LogP contribution in [0.2, 0.25) is 5.02 Å². The molecule has 2 rings (SSSR count). The van der Waals surface area contributed by atoms with Gasteiger partial charge in [-0.1, -0.05) is 36.6 Å². The third-order valence-corrected chi connectivity index (χ3v) is 4.34.